The van der Waals surface area contributed by atoms with E-state index in [0.717, 1.165) is 24.6 Å². The SMILES string of the molecule is c1cc(CSCCNCc2cncs2)cs1. The topological polar surface area (TPSA) is 24.9 Å². The summed E-state index contributed by atoms with van der Waals surface area (Å²) in [5.41, 5.74) is 3.32. The third-order valence-corrected chi connectivity index (χ3v) is 4.60. The quantitative estimate of drug-likeness (QED) is 0.782. The van der Waals surface area contributed by atoms with Crippen molar-refractivity contribution < 1.29 is 0 Å². The van der Waals surface area contributed by atoms with E-state index in [1.165, 1.54) is 10.4 Å². The van der Waals surface area contributed by atoms with Gasteiger partial charge < -0.3 is 5.32 Å². The highest BCUT2D eigenvalue weighted by Gasteiger charge is 1.95. The fraction of sp³-hybridized carbons (Fsp3) is 0.364. The molecule has 0 saturated heterocycles. The number of hydrogen-bond acceptors (Lipinski definition) is 5. The Bertz CT molecular complexity index is 332. The average Bonchev–Trinajstić information content (AvgIpc) is 2.96. The molecule has 2 heterocycles. The van der Waals surface area contributed by atoms with E-state index in [2.05, 4.69) is 27.1 Å². The molecule has 0 aliphatic rings. The van der Waals surface area contributed by atoms with Gasteiger partial charge in [-0.15, -0.1) is 11.3 Å². The standard InChI is InChI=1S/C11H14N2S3/c1-3-14-7-10(1)8-15-4-2-12-5-11-6-13-9-16-11/h1,3,6-7,9,12H,2,4-5,8H2. The highest BCUT2D eigenvalue weighted by atomic mass is 32.2. The first-order valence-corrected chi connectivity index (χ1v) is 8.10. The van der Waals surface area contributed by atoms with Crippen molar-refractivity contribution in [2.24, 2.45) is 0 Å². The molecule has 2 aromatic rings. The number of rotatable bonds is 7. The zero-order chi connectivity index (χ0) is 11.1. The molecule has 0 unspecified atom stereocenters. The summed E-state index contributed by atoms with van der Waals surface area (Å²) in [4.78, 5) is 5.35. The van der Waals surface area contributed by atoms with Gasteiger partial charge in [-0.25, -0.2) is 0 Å². The Morgan fingerprint density at radius 3 is 3.19 bits per heavy atom. The third-order valence-electron chi connectivity index (χ3n) is 2.05. The molecule has 0 bridgehead atoms. The first-order valence-electron chi connectivity index (χ1n) is 5.12. The molecule has 0 fully saturated rings. The Balaban J connectivity index is 1.49. The van der Waals surface area contributed by atoms with Crippen LogP contribution in [-0.4, -0.2) is 17.3 Å². The van der Waals surface area contributed by atoms with Gasteiger partial charge in [-0.05, 0) is 22.4 Å². The molecule has 1 N–H and O–H groups in total. The maximum atomic E-state index is 4.05. The Morgan fingerprint density at radius 2 is 2.44 bits per heavy atom. The summed E-state index contributed by atoms with van der Waals surface area (Å²) < 4.78 is 0. The molecule has 0 aliphatic carbocycles. The fourth-order valence-electron chi connectivity index (χ4n) is 1.25. The highest BCUT2D eigenvalue weighted by molar-refractivity contribution is 7.98. The Kier molecular flexibility index (Phi) is 5.34. The van der Waals surface area contributed by atoms with E-state index < -0.39 is 0 Å². The minimum absolute atomic E-state index is 0.948. The van der Waals surface area contributed by atoms with Crippen molar-refractivity contribution in [3.63, 3.8) is 0 Å². The van der Waals surface area contributed by atoms with Crippen molar-refractivity contribution in [3.05, 3.63) is 39.0 Å². The minimum Gasteiger partial charge on any atom is -0.311 e. The highest BCUT2D eigenvalue weighted by Crippen LogP contribution is 2.14. The maximum absolute atomic E-state index is 4.05. The predicted molar refractivity (Wildman–Crippen MR) is 74.3 cm³/mol. The van der Waals surface area contributed by atoms with Crippen LogP contribution < -0.4 is 5.32 Å². The molecule has 0 atom stereocenters. The second-order valence-electron chi connectivity index (χ2n) is 3.33. The van der Waals surface area contributed by atoms with Gasteiger partial charge in [0, 0.05) is 35.7 Å². The zero-order valence-corrected chi connectivity index (χ0v) is 11.3. The molecule has 2 rings (SSSR count). The van der Waals surface area contributed by atoms with E-state index in [9.17, 15) is 0 Å². The molecule has 5 heteroatoms. The van der Waals surface area contributed by atoms with Crippen LogP contribution in [0.5, 0.6) is 0 Å². The first-order chi connectivity index (χ1) is 7.95. The second kappa shape index (κ2) is 7.06. The van der Waals surface area contributed by atoms with Crippen LogP contribution >= 0.6 is 34.4 Å². The van der Waals surface area contributed by atoms with Crippen molar-refractivity contribution >= 4 is 34.4 Å². The average molecular weight is 270 g/mol. The number of thiophene rings is 1. The Hall–Kier alpha value is -0.360. The van der Waals surface area contributed by atoms with Gasteiger partial charge in [0.15, 0.2) is 0 Å². The monoisotopic (exact) mass is 270 g/mol. The van der Waals surface area contributed by atoms with E-state index in [1.54, 1.807) is 22.7 Å². The van der Waals surface area contributed by atoms with E-state index in [1.807, 2.05) is 23.5 Å². The summed E-state index contributed by atoms with van der Waals surface area (Å²) in [6.07, 6.45) is 1.93. The first kappa shape index (κ1) is 12.1. The maximum Gasteiger partial charge on any atom is 0.0794 e. The normalized spacial score (nSPS) is 10.8. The lowest BCUT2D eigenvalue weighted by molar-refractivity contribution is 0.739. The number of hydrogen-bond donors (Lipinski definition) is 1. The van der Waals surface area contributed by atoms with Gasteiger partial charge >= 0.3 is 0 Å². The largest absolute Gasteiger partial charge is 0.311 e. The lowest BCUT2D eigenvalue weighted by Crippen LogP contribution is -2.15. The molecule has 0 saturated carbocycles. The number of thioether (sulfide) groups is 1. The van der Waals surface area contributed by atoms with Crippen LogP contribution in [0.4, 0.5) is 0 Å². The molecule has 0 aliphatic heterocycles. The van der Waals surface area contributed by atoms with Crippen LogP contribution in [0.1, 0.15) is 10.4 Å². The summed E-state index contributed by atoms with van der Waals surface area (Å²) in [5.74, 6) is 2.29. The van der Waals surface area contributed by atoms with Crippen molar-refractivity contribution in [2.45, 2.75) is 12.3 Å². The number of thiazole rings is 1. The van der Waals surface area contributed by atoms with Gasteiger partial charge in [0.1, 0.15) is 0 Å². The molecule has 0 radical (unpaired) electrons. The zero-order valence-electron chi connectivity index (χ0n) is 8.89. The lowest BCUT2D eigenvalue weighted by Gasteiger charge is -2.02. The molecule has 2 nitrogen and oxygen atoms in total. The van der Waals surface area contributed by atoms with Crippen molar-refractivity contribution in [2.75, 3.05) is 12.3 Å². The smallest absolute Gasteiger partial charge is 0.0794 e. The number of nitrogens with one attached hydrogen (secondary N) is 1. The van der Waals surface area contributed by atoms with Crippen molar-refractivity contribution in [3.8, 4) is 0 Å². The molecule has 0 aromatic carbocycles. The molecule has 86 valence electrons. The van der Waals surface area contributed by atoms with E-state index >= 15 is 0 Å². The summed E-state index contributed by atoms with van der Waals surface area (Å²) >= 11 is 5.46. The van der Waals surface area contributed by atoms with Crippen LogP contribution in [-0.2, 0) is 12.3 Å². The van der Waals surface area contributed by atoms with Gasteiger partial charge in [-0.1, -0.05) is 0 Å². The molecular formula is C11H14N2S3. The molecule has 16 heavy (non-hydrogen) atoms. The predicted octanol–water partition coefficient (Wildman–Crippen LogP) is 3.23. The van der Waals surface area contributed by atoms with Crippen LogP contribution in [0.2, 0.25) is 0 Å². The summed E-state index contributed by atoms with van der Waals surface area (Å²) in [7, 11) is 0. The second-order valence-corrected chi connectivity index (χ2v) is 6.18. The Morgan fingerprint density at radius 1 is 1.44 bits per heavy atom. The van der Waals surface area contributed by atoms with Gasteiger partial charge in [-0.2, -0.15) is 23.1 Å². The molecule has 2 aromatic heterocycles. The van der Waals surface area contributed by atoms with Gasteiger partial charge in [0.2, 0.25) is 0 Å². The van der Waals surface area contributed by atoms with E-state index in [-0.39, 0.29) is 0 Å². The van der Waals surface area contributed by atoms with E-state index in [4.69, 9.17) is 0 Å². The lowest BCUT2D eigenvalue weighted by atomic mass is 10.4. The van der Waals surface area contributed by atoms with E-state index in [0.29, 0.717) is 0 Å². The van der Waals surface area contributed by atoms with Crippen LogP contribution in [0.3, 0.4) is 0 Å². The third kappa shape index (κ3) is 4.25. The van der Waals surface area contributed by atoms with Crippen LogP contribution in [0.15, 0.2) is 28.5 Å². The van der Waals surface area contributed by atoms with Gasteiger partial charge in [0.25, 0.3) is 0 Å². The van der Waals surface area contributed by atoms with Crippen LogP contribution in [0.25, 0.3) is 0 Å². The number of nitrogens with zero attached hydrogens (tertiary/aromatic N) is 1. The summed E-state index contributed by atoms with van der Waals surface area (Å²) in [6, 6.07) is 2.20. The minimum atomic E-state index is 0.948. The van der Waals surface area contributed by atoms with Crippen molar-refractivity contribution in [1.29, 1.82) is 0 Å². The van der Waals surface area contributed by atoms with Gasteiger partial charge in [-0.3, -0.25) is 4.98 Å². The Labute approximate surface area is 108 Å². The molecule has 0 spiro atoms. The van der Waals surface area contributed by atoms with Gasteiger partial charge in [0.05, 0.1) is 5.51 Å². The van der Waals surface area contributed by atoms with Crippen LogP contribution in [0, 0.1) is 0 Å². The molecule has 0 amide bonds. The summed E-state index contributed by atoms with van der Waals surface area (Å²) in [6.45, 7) is 2.01. The number of aromatic nitrogens is 1. The molecular weight excluding hydrogens is 256 g/mol. The summed E-state index contributed by atoms with van der Waals surface area (Å²) in [5, 5.41) is 7.78. The fourth-order valence-corrected chi connectivity index (χ4v) is 3.44. The van der Waals surface area contributed by atoms with Crippen molar-refractivity contribution in [1.82, 2.24) is 10.3 Å².